The summed E-state index contributed by atoms with van der Waals surface area (Å²) in [5.74, 6) is 0. The van der Waals surface area contributed by atoms with Crippen molar-refractivity contribution in [2.75, 3.05) is 0 Å². The van der Waals surface area contributed by atoms with Crippen LogP contribution in [0.25, 0.3) is 0 Å². The van der Waals surface area contributed by atoms with Crippen LogP contribution < -0.4 is 28.7 Å². The monoisotopic (exact) mass is 348 g/mol. The van der Waals surface area contributed by atoms with Gasteiger partial charge in [0.2, 0.25) is 0 Å². The summed E-state index contributed by atoms with van der Waals surface area (Å²) in [7, 11) is 0. The molecule has 0 aliphatic heterocycles. The lowest BCUT2D eigenvalue weighted by Gasteiger charge is -1.99. The third-order valence-corrected chi connectivity index (χ3v) is 2.91. The Morgan fingerprint density at radius 1 is 0.882 bits per heavy atom. The molecular formula is C14H25IN2. The molecule has 1 rings (SSSR count). The van der Waals surface area contributed by atoms with E-state index in [2.05, 4.69) is 12.0 Å². The highest BCUT2D eigenvalue weighted by Crippen LogP contribution is 2.07. The third-order valence-electron chi connectivity index (χ3n) is 2.91. The Hall–Kier alpha value is -0.190. The summed E-state index contributed by atoms with van der Waals surface area (Å²) in [6.07, 6.45) is 14.9. The van der Waals surface area contributed by atoms with Crippen LogP contribution in [0.3, 0.4) is 0 Å². The molecule has 3 heteroatoms. The fourth-order valence-corrected chi connectivity index (χ4v) is 1.90. The van der Waals surface area contributed by atoms with E-state index in [4.69, 9.17) is 0 Å². The van der Waals surface area contributed by atoms with Crippen LogP contribution in [-0.4, -0.2) is 5.10 Å². The third kappa shape index (κ3) is 9.51. The van der Waals surface area contributed by atoms with Gasteiger partial charge in [0.1, 0.15) is 0 Å². The number of hydrogen-bond donors (Lipinski definition) is 0. The predicted octanol–water partition coefficient (Wildman–Crippen LogP) is 0.514. The van der Waals surface area contributed by atoms with Crippen molar-refractivity contribution in [1.29, 1.82) is 0 Å². The summed E-state index contributed by atoms with van der Waals surface area (Å²) in [5, 5.41) is 4.25. The van der Waals surface area contributed by atoms with E-state index in [0.29, 0.717) is 0 Å². The van der Waals surface area contributed by atoms with Crippen LogP contribution in [-0.2, 0) is 6.54 Å². The van der Waals surface area contributed by atoms with Crippen LogP contribution in [0.4, 0.5) is 0 Å². The molecule has 0 saturated carbocycles. The van der Waals surface area contributed by atoms with Crippen LogP contribution in [0.1, 0.15) is 58.3 Å². The Bertz CT molecular complexity index is 252. The first kappa shape index (κ1) is 16.8. The fraction of sp³-hybridized carbons (Fsp3) is 0.714. The van der Waals surface area contributed by atoms with E-state index in [1.54, 1.807) is 0 Å². The van der Waals surface area contributed by atoms with Gasteiger partial charge >= 0.3 is 0 Å². The Labute approximate surface area is 123 Å². The van der Waals surface area contributed by atoms with Gasteiger partial charge < -0.3 is 24.0 Å². The van der Waals surface area contributed by atoms with Crippen LogP contribution in [0.5, 0.6) is 0 Å². The molecule has 0 amide bonds. The Morgan fingerprint density at radius 2 is 1.53 bits per heavy atom. The molecule has 0 bridgehead atoms. The van der Waals surface area contributed by atoms with Crippen molar-refractivity contribution >= 4 is 0 Å². The highest BCUT2D eigenvalue weighted by Gasteiger charge is 1.99. The fourth-order valence-electron chi connectivity index (χ4n) is 1.90. The summed E-state index contributed by atoms with van der Waals surface area (Å²) in [4.78, 5) is 0. The molecule has 17 heavy (non-hydrogen) atoms. The molecular weight excluding hydrogens is 323 g/mol. The zero-order valence-electron chi connectivity index (χ0n) is 10.9. The molecule has 0 saturated heterocycles. The molecule has 1 aromatic rings. The molecule has 1 heterocycles. The zero-order valence-corrected chi connectivity index (χ0v) is 13.1. The lowest BCUT2D eigenvalue weighted by atomic mass is 10.1. The minimum atomic E-state index is 0. The highest BCUT2D eigenvalue weighted by molar-refractivity contribution is 4.76. The number of rotatable bonds is 9. The number of halogens is 1. The molecule has 0 aliphatic carbocycles. The van der Waals surface area contributed by atoms with E-state index < -0.39 is 0 Å². The van der Waals surface area contributed by atoms with Crippen molar-refractivity contribution in [1.82, 2.24) is 5.10 Å². The van der Waals surface area contributed by atoms with Crippen LogP contribution >= 0.6 is 0 Å². The summed E-state index contributed by atoms with van der Waals surface area (Å²) in [6, 6.07) is 4.00. The van der Waals surface area contributed by atoms with Crippen LogP contribution in [0.15, 0.2) is 24.5 Å². The number of hydrogen-bond acceptors (Lipinski definition) is 1. The van der Waals surface area contributed by atoms with Gasteiger partial charge in [0, 0.05) is 12.5 Å². The van der Waals surface area contributed by atoms with Crippen molar-refractivity contribution in [3.63, 3.8) is 0 Å². The van der Waals surface area contributed by atoms with E-state index in [1.165, 1.54) is 51.4 Å². The SMILES string of the molecule is CCCCCCCCCC[n+]1ccccn1.[I-]. The van der Waals surface area contributed by atoms with Gasteiger partial charge in [-0.3, -0.25) is 0 Å². The molecule has 0 radical (unpaired) electrons. The number of aromatic nitrogens is 2. The molecule has 0 unspecified atom stereocenters. The first-order valence-electron chi connectivity index (χ1n) is 6.74. The molecule has 1 aromatic heterocycles. The molecule has 0 atom stereocenters. The minimum absolute atomic E-state index is 0. The molecule has 0 aliphatic rings. The lowest BCUT2D eigenvalue weighted by Crippen LogP contribution is -3.00. The first-order valence-corrected chi connectivity index (χ1v) is 6.74. The van der Waals surface area contributed by atoms with E-state index in [9.17, 15) is 0 Å². The predicted molar refractivity (Wildman–Crippen MR) is 67.0 cm³/mol. The van der Waals surface area contributed by atoms with Crippen LogP contribution in [0.2, 0.25) is 0 Å². The summed E-state index contributed by atoms with van der Waals surface area (Å²) in [6.45, 7) is 3.33. The largest absolute Gasteiger partial charge is 1.00 e. The molecule has 0 N–H and O–H groups in total. The van der Waals surface area contributed by atoms with Gasteiger partial charge in [-0.15, -0.1) is 0 Å². The first-order chi connectivity index (χ1) is 7.93. The Morgan fingerprint density at radius 3 is 2.12 bits per heavy atom. The number of unbranched alkanes of at least 4 members (excludes halogenated alkanes) is 7. The summed E-state index contributed by atoms with van der Waals surface area (Å²) in [5.41, 5.74) is 0. The molecule has 0 fully saturated rings. The average Bonchev–Trinajstić information content (AvgIpc) is 2.34. The van der Waals surface area contributed by atoms with Gasteiger partial charge in [-0.25, -0.2) is 0 Å². The van der Waals surface area contributed by atoms with E-state index in [-0.39, 0.29) is 24.0 Å². The van der Waals surface area contributed by atoms with Gasteiger partial charge in [-0.1, -0.05) is 50.1 Å². The van der Waals surface area contributed by atoms with Gasteiger partial charge in [-0.05, 0) is 17.6 Å². The molecule has 0 spiro atoms. The van der Waals surface area contributed by atoms with Gasteiger partial charge in [-0.2, -0.15) is 0 Å². The number of nitrogens with zero attached hydrogens (tertiary/aromatic N) is 2. The van der Waals surface area contributed by atoms with E-state index >= 15 is 0 Å². The molecule has 98 valence electrons. The normalized spacial score (nSPS) is 9.94. The quantitative estimate of drug-likeness (QED) is 0.361. The van der Waals surface area contributed by atoms with Crippen molar-refractivity contribution < 1.29 is 28.7 Å². The highest BCUT2D eigenvalue weighted by atomic mass is 127. The average molecular weight is 348 g/mol. The Kier molecular flexibility index (Phi) is 12.1. The Balaban J connectivity index is 0.00000256. The van der Waals surface area contributed by atoms with Gasteiger partial charge in [0.05, 0.1) is 6.20 Å². The topological polar surface area (TPSA) is 16.8 Å². The number of aryl methyl sites for hydroxylation is 1. The second-order valence-corrected chi connectivity index (χ2v) is 4.44. The summed E-state index contributed by atoms with van der Waals surface area (Å²) < 4.78 is 2.02. The summed E-state index contributed by atoms with van der Waals surface area (Å²) >= 11 is 0. The smallest absolute Gasteiger partial charge is 0.196 e. The van der Waals surface area contributed by atoms with E-state index in [0.717, 1.165) is 6.54 Å². The standard InChI is InChI=1S/C14H25N2.HI/c1-2-3-4-5-6-7-8-10-13-16-14-11-9-12-15-16;/h9,11-12,14H,2-8,10,13H2,1H3;1H/q+1;/p-1. The zero-order chi connectivity index (χ0) is 11.5. The second-order valence-electron chi connectivity index (χ2n) is 4.44. The van der Waals surface area contributed by atoms with Crippen LogP contribution in [0, 0.1) is 0 Å². The van der Waals surface area contributed by atoms with Gasteiger partial charge in [0.25, 0.3) is 0 Å². The maximum atomic E-state index is 4.25. The van der Waals surface area contributed by atoms with Crippen molar-refractivity contribution in [2.24, 2.45) is 0 Å². The second kappa shape index (κ2) is 12.3. The maximum absolute atomic E-state index is 4.25. The minimum Gasteiger partial charge on any atom is -1.00 e. The van der Waals surface area contributed by atoms with E-state index in [1.807, 2.05) is 29.2 Å². The van der Waals surface area contributed by atoms with Crippen molar-refractivity contribution in [2.45, 2.75) is 64.8 Å². The maximum Gasteiger partial charge on any atom is 0.196 e. The molecule has 0 aromatic carbocycles. The van der Waals surface area contributed by atoms with Crippen molar-refractivity contribution in [3.8, 4) is 0 Å². The molecule has 2 nitrogen and oxygen atoms in total. The van der Waals surface area contributed by atoms with Gasteiger partial charge in [0.15, 0.2) is 12.7 Å². The van der Waals surface area contributed by atoms with Crippen molar-refractivity contribution in [3.05, 3.63) is 24.5 Å². The lowest BCUT2D eigenvalue weighted by molar-refractivity contribution is -0.754.